The Morgan fingerprint density at radius 2 is 1.83 bits per heavy atom. The Balaban J connectivity index is 2.75. The molecule has 0 bridgehead atoms. The zero-order chi connectivity index (χ0) is 13.9. The Hall–Kier alpha value is -0.780. The predicted molar refractivity (Wildman–Crippen MR) is 61.6 cm³/mol. The average Bonchev–Trinajstić information content (AvgIpc) is 2.80. The van der Waals surface area contributed by atoms with E-state index in [1.54, 1.807) is 0 Å². The van der Waals surface area contributed by atoms with Gasteiger partial charge in [0.05, 0.1) is 18.0 Å². The van der Waals surface area contributed by atoms with E-state index < -0.39 is 36.3 Å². The van der Waals surface area contributed by atoms with Gasteiger partial charge in [-0.25, -0.2) is 4.68 Å². The van der Waals surface area contributed by atoms with Crippen molar-refractivity contribution in [3.8, 4) is 0 Å². The van der Waals surface area contributed by atoms with Gasteiger partial charge in [-0.3, -0.25) is 0 Å². The fourth-order valence-electron chi connectivity index (χ4n) is 1.36. The molecule has 1 rings (SSSR count). The second-order valence-electron chi connectivity index (χ2n) is 3.83. The Morgan fingerprint density at radius 3 is 2.28 bits per heavy atom. The first-order chi connectivity index (χ1) is 8.40. The maximum absolute atomic E-state index is 9.88. The third-order valence-corrected chi connectivity index (χ3v) is 3.11. The van der Waals surface area contributed by atoms with Crippen LogP contribution in [0.15, 0.2) is 0 Å². The molecule has 0 aliphatic heterocycles. The summed E-state index contributed by atoms with van der Waals surface area (Å²) in [4.78, 5) is 0. The Morgan fingerprint density at radius 1 is 1.22 bits per heavy atom. The van der Waals surface area contributed by atoms with E-state index in [1.165, 1.54) is 11.7 Å². The third-order valence-electron chi connectivity index (χ3n) is 2.52. The maximum Gasteiger partial charge on any atom is 0.180 e. The van der Waals surface area contributed by atoms with Crippen molar-refractivity contribution >= 4 is 12.6 Å². The quantitative estimate of drug-likeness (QED) is 0.296. The summed E-state index contributed by atoms with van der Waals surface area (Å²) in [6.45, 7) is -0.722. The molecule has 18 heavy (non-hydrogen) atoms. The summed E-state index contributed by atoms with van der Waals surface area (Å²) in [6.07, 6.45) is -6.08. The molecule has 0 saturated carbocycles. The van der Waals surface area contributed by atoms with Gasteiger partial charge in [0.25, 0.3) is 0 Å². The van der Waals surface area contributed by atoms with Gasteiger partial charge in [0.15, 0.2) is 5.82 Å². The predicted octanol–water partition coefficient (Wildman–Crippen LogP) is -3.38. The van der Waals surface area contributed by atoms with Crippen molar-refractivity contribution in [3.05, 3.63) is 5.82 Å². The van der Waals surface area contributed by atoms with Gasteiger partial charge >= 0.3 is 0 Å². The van der Waals surface area contributed by atoms with Gasteiger partial charge in [-0.1, -0.05) is 0 Å². The first-order valence-corrected chi connectivity index (χ1v) is 5.65. The van der Waals surface area contributed by atoms with Crippen molar-refractivity contribution in [1.29, 1.82) is 0 Å². The lowest BCUT2D eigenvalue weighted by atomic mass is 10.0. The minimum atomic E-state index is -1.65. The second kappa shape index (κ2) is 6.41. The average molecular weight is 280 g/mol. The molecule has 0 radical (unpaired) electrons. The first kappa shape index (κ1) is 15.3. The topological polar surface area (TPSA) is 145 Å². The molecule has 9 nitrogen and oxygen atoms in total. The number of aromatic nitrogens is 4. The standard InChI is InChI=1S/C8H16N4O5S/c1-12-8(9-10-11-12)6(17)7(18)5(16)4(15)3(14)2-13/h3-7,13-18H,2H2,1H3/t3-,4-,5+,6?,7-/m1/s1. The van der Waals surface area contributed by atoms with Crippen LogP contribution in [0.2, 0.25) is 0 Å². The number of nitrogens with zero attached hydrogens (tertiary/aromatic N) is 4. The van der Waals surface area contributed by atoms with Gasteiger partial charge < -0.3 is 25.5 Å². The molecule has 104 valence electrons. The summed E-state index contributed by atoms with van der Waals surface area (Å²) in [5.41, 5.74) is 0. The molecular formula is C8H16N4O5S. The molecule has 10 heteroatoms. The molecule has 0 saturated heterocycles. The number of hydrogen-bond donors (Lipinski definition) is 6. The van der Waals surface area contributed by atoms with Crippen LogP contribution in [0.1, 0.15) is 11.9 Å². The number of thiol groups is 1. The van der Waals surface area contributed by atoms with Gasteiger partial charge in [0.2, 0.25) is 0 Å². The van der Waals surface area contributed by atoms with Crippen molar-refractivity contribution in [2.45, 2.75) is 29.7 Å². The zero-order valence-corrected chi connectivity index (χ0v) is 10.5. The molecule has 0 aromatic carbocycles. The summed E-state index contributed by atoms with van der Waals surface area (Å²) in [5, 5.41) is 56.2. The lowest BCUT2D eigenvalue weighted by molar-refractivity contribution is -0.0856. The Bertz CT molecular complexity index is 378. The van der Waals surface area contributed by atoms with Crippen LogP contribution in [0.25, 0.3) is 0 Å². The fraction of sp³-hybridized carbons (Fsp3) is 0.875. The largest absolute Gasteiger partial charge is 0.394 e. The van der Waals surface area contributed by atoms with Crippen molar-refractivity contribution in [2.75, 3.05) is 6.61 Å². The van der Waals surface area contributed by atoms with Crippen LogP contribution in [0.4, 0.5) is 0 Å². The summed E-state index contributed by atoms with van der Waals surface area (Å²) in [5.74, 6) is 0.0553. The van der Waals surface area contributed by atoms with E-state index in [0.29, 0.717) is 0 Å². The highest BCUT2D eigenvalue weighted by atomic mass is 32.1. The summed E-state index contributed by atoms with van der Waals surface area (Å²) >= 11 is 3.96. The highest BCUT2D eigenvalue weighted by Gasteiger charge is 2.35. The van der Waals surface area contributed by atoms with Crippen molar-refractivity contribution < 1.29 is 25.5 Å². The van der Waals surface area contributed by atoms with Crippen LogP contribution < -0.4 is 0 Å². The molecule has 1 unspecified atom stereocenters. The highest BCUT2D eigenvalue weighted by molar-refractivity contribution is 7.81. The van der Waals surface area contributed by atoms with Crippen LogP contribution in [-0.4, -0.2) is 75.9 Å². The molecule has 0 aliphatic carbocycles. The normalized spacial score (nSPS) is 20.2. The molecule has 0 aliphatic rings. The van der Waals surface area contributed by atoms with Crippen LogP contribution >= 0.6 is 12.6 Å². The molecule has 0 amide bonds. The molecule has 1 aromatic heterocycles. The highest BCUT2D eigenvalue weighted by Crippen LogP contribution is 2.23. The molecule has 5 atom stereocenters. The Labute approximate surface area is 108 Å². The molecule has 5 N–H and O–H groups in total. The molecular weight excluding hydrogens is 264 g/mol. The molecule has 0 spiro atoms. The maximum atomic E-state index is 9.88. The van der Waals surface area contributed by atoms with Crippen LogP contribution in [0.3, 0.4) is 0 Å². The van der Waals surface area contributed by atoms with Gasteiger partial charge in [-0.2, -0.15) is 12.6 Å². The number of aliphatic hydroxyl groups excluding tert-OH is 5. The number of tetrazole rings is 1. The monoisotopic (exact) mass is 280 g/mol. The van der Waals surface area contributed by atoms with E-state index in [0.717, 1.165) is 0 Å². The Kier molecular flexibility index (Phi) is 5.44. The number of aliphatic hydroxyl groups is 5. The van der Waals surface area contributed by atoms with Gasteiger partial charge in [-0.15, -0.1) is 5.10 Å². The summed E-state index contributed by atoms with van der Waals surface area (Å²) in [7, 11) is 1.49. The minimum Gasteiger partial charge on any atom is -0.394 e. The fourth-order valence-corrected chi connectivity index (χ4v) is 1.67. The summed E-state index contributed by atoms with van der Waals surface area (Å²) < 4.78 is 1.19. The van der Waals surface area contributed by atoms with Gasteiger partial charge in [0.1, 0.15) is 18.3 Å². The van der Waals surface area contributed by atoms with E-state index in [4.69, 9.17) is 5.11 Å². The lowest BCUT2D eigenvalue weighted by Gasteiger charge is -2.28. The zero-order valence-electron chi connectivity index (χ0n) is 9.57. The van der Waals surface area contributed by atoms with Gasteiger partial charge in [0, 0.05) is 7.05 Å². The molecule has 1 aromatic rings. The minimum absolute atomic E-state index is 0.0553. The van der Waals surface area contributed by atoms with Crippen LogP contribution in [-0.2, 0) is 7.05 Å². The van der Waals surface area contributed by atoms with E-state index in [9.17, 15) is 20.4 Å². The number of hydrogen-bond acceptors (Lipinski definition) is 9. The van der Waals surface area contributed by atoms with Crippen molar-refractivity contribution in [3.63, 3.8) is 0 Å². The second-order valence-corrected chi connectivity index (χ2v) is 4.42. The van der Waals surface area contributed by atoms with Gasteiger partial charge in [-0.05, 0) is 10.4 Å². The van der Waals surface area contributed by atoms with E-state index in [2.05, 4.69) is 28.2 Å². The van der Waals surface area contributed by atoms with E-state index >= 15 is 0 Å². The summed E-state index contributed by atoms with van der Waals surface area (Å²) in [6, 6.07) is 0. The number of rotatable bonds is 6. The van der Waals surface area contributed by atoms with Crippen molar-refractivity contribution in [1.82, 2.24) is 20.2 Å². The molecule has 1 heterocycles. The smallest absolute Gasteiger partial charge is 0.180 e. The van der Waals surface area contributed by atoms with E-state index in [-0.39, 0.29) is 5.82 Å². The molecule has 0 fully saturated rings. The SMILES string of the molecule is Cn1nnnc1C(O)[C@H](S)[C@@H](O)[C@H](O)[C@H](O)CO. The first-order valence-electron chi connectivity index (χ1n) is 5.13. The van der Waals surface area contributed by atoms with Crippen LogP contribution in [0.5, 0.6) is 0 Å². The van der Waals surface area contributed by atoms with Crippen LogP contribution in [0, 0.1) is 0 Å². The lowest BCUT2D eigenvalue weighted by Crippen LogP contribution is -2.46. The van der Waals surface area contributed by atoms with Crippen molar-refractivity contribution in [2.24, 2.45) is 7.05 Å². The van der Waals surface area contributed by atoms with E-state index in [1.807, 2.05) is 0 Å². The third kappa shape index (κ3) is 3.16. The number of aryl methyl sites for hydroxylation is 1.